The van der Waals surface area contributed by atoms with Gasteiger partial charge < -0.3 is 46.1 Å². The summed E-state index contributed by atoms with van der Waals surface area (Å²) in [5.74, 6) is -5.80. The molecule has 1 aromatic carbocycles. The van der Waals surface area contributed by atoms with Crippen LogP contribution in [-0.2, 0) is 43.0 Å². The van der Waals surface area contributed by atoms with E-state index in [0.29, 0.717) is 25.1 Å². The number of anilines is 1. The van der Waals surface area contributed by atoms with Gasteiger partial charge in [-0.15, -0.1) is 0 Å². The Hall–Kier alpha value is -6.76. The predicted octanol–water partition coefficient (Wildman–Crippen LogP) is 0.355. The van der Waals surface area contributed by atoms with Crippen molar-refractivity contribution in [3.63, 3.8) is 0 Å². The Bertz CT molecular complexity index is 2550. The molecule has 24 nitrogen and oxygen atoms in total. The summed E-state index contributed by atoms with van der Waals surface area (Å²) < 4.78 is 11.2. The molecule has 24 heteroatoms. The van der Waals surface area contributed by atoms with Crippen molar-refractivity contribution >= 4 is 64.6 Å². The Kier molecular flexibility index (Phi) is 18.7. The van der Waals surface area contributed by atoms with Gasteiger partial charge in [-0.25, -0.2) is 4.98 Å². The number of carbonyl (C=O) groups is 10. The van der Waals surface area contributed by atoms with Crippen molar-refractivity contribution in [1.29, 1.82) is 0 Å². The molecule has 0 spiro atoms. The number of aromatic nitrogens is 2. The second-order valence-electron chi connectivity index (χ2n) is 21.1. The van der Waals surface area contributed by atoms with Crippen molar-refractivity contribution < 1.29 is 62.5 Å². The van der Waals surface area contributed by atoms with Gasteiger partial charge in [0.05, 0.1) is 62.0 Å². The van der Waals surface area contributed by atoms with Crippen LogP contribution in [0.1, 0.15) is 136 Å². The van der Waals surface area contributed by atoms with E-state index < -0.39 is 94.9 Å². The number of piperidine rings is 1. The minimum Gasteiger partial charge on any atom is -0.382 e. The molecule has 0 bridgehead atoms. The van der Waals surface area contributed by atoms with Gasteiger partial charge in [-0.05, 0) is 74.8 Å². The van der Waals surface area contributed by atoms with Gasteiger partial charge >= 0.3 is 0 Å². The van der Waals surface area contributed by atoms with E-state index in [0.717, 1.165) is 35.5 Å². The molecule has 2 aromatic rings. The maximum absolute atomic E-state index is 14.5. The maximum atomic E-state index is 14.5. The number of likely N-dealkylation sites (tertiary alicyclic amines) is 2. The first-order chi connectivity index (χ1) is 36.2. The number of imide groups is 2. The normalized spacial score (nSPS) is 21.9. The van der Waals surface area contributed by atoms with E-state index in [4.69, 9.17) is 9.47 Å². The third-order valence-electron chi connectivity index (χ3n) is 14.5. The molecule has 4 heterocycles. The minimum absolute atomic E-state index is 0.0173. The van der Waals surface area contributed by atoms with Crippen molar-refractivity contribution in [3.8, 4) is 0 Å². The van der Waals surface area contributed by atoms with Gasteiger partial charge in [-0.2, -0.15) is 0 Å². The molecule has 2 aliphatic carbocycles. The van der Waals surface area contributed by atoms with Crippen molar-refractivity contribution in [2.75, 3.05) is 58.4 Å². The lowest BCUT2D eigenvalue weighted by Crippen LogP contribution is -2.61. The summed E-state index contributed by atoms with van der Waals surface area (Å²) in [7, 11) is 1.33. The Morgan fingerprint density at radius 2 is 1.61 bits per heavy atom. The van der Waals surface area contributed by atoms with Crippen LogP contribution in [0.15, 0.2) is 30.6 Å². The zero-order chi connectivity index (χ0) is 55.0. The molecule has 3 aliphatic heterocycles. The van der Waals surface area contributed by atoms with Crippen molar-refractivity contribution in [2.24, 2.45) is 17.3 Å². The van der Waals surface area contributed by atoms with Crippen LogP contribution in [0.4, 0.5) is 5.69 Å². The number of amides is 9. The summed E-state index contributed by atoms with van der Waals surface area (Å²) in [6.45, 7) is 10.3. The number of nitrogens with one attached hydrogen (secondary N) is 6. The van der Waals surface area contributed by atoms with Crippen LogP contribution in [0.25, 0.3) is 0 Å². The zero-order valence-corrected chi connectivity index (χ0v) is 44.0. The van der Waals surface area contributed by atoms with E-state index >= 15 is 0 Å². The average Bonchev–Trinajstić information content (AvgIpc) is 3.91. The van der Waals surface area contributed by atoms with Crippen LogP contribution in [0, 0.1) is 17.3 Å². The van der Waals surface area contributed by atoms with Crippen LogP contribution in [-0.4, -0.2) is 178 Å². The number of nitrogens with zero attached hydrogens (tertiary/aromatic N) is 5. The monoisotopic (exact) mass is 1060 g/mol. The molecule has 7 rings (SSSR count). The lowest BCUT2D eigenvalue weighted by molar-refractivity contribution is -0.149. The lowest BCUT2D eigenvalue weighted by Gasteiger charge is -2.37. The molecule has 5 aliphatic rings. The van der Waals surface area contributed by atoms with Crippen molar-refractivity contribution in [2.45, 2.75) is 135 Å². The Balaban J connectivity index is 0.813. The molecule has 9 amide bonds. The van der Waals surface area contributed by atoms with Crippen LogP contribution in [0.2, 0.25) is 0 Å². The predicted molar refractivity (Wildman–Crippen MR) is 271 cm³/mol. The number of aliphatic hydroxyl groups is 1. The number of aliphatic hydroxyl groups excluding tert-OH is 1. The SMILES string of the molecule is CCC[C@H](NC(=O)[C@@H]1[C@H]2CCC[C@H]2CN1C(=O)[C@@H](NC(=O)[C@H](C)NC(O)c1cnc(C(=O)NCCOCCOCCNc2cccc3c2C(=O)N(C2CCC(=O)N(C)C2=O)C3=O)cn1)C(C)(C)C)C(=O)C(=O)NC1CC1. The highest BCUT2D eigenvalue weighted by atomic mass is 16.5. The van der Waals surface area contributed by atoms with E-state index in [1.807, 2.05) is 6.92 Å². The number of Topliss-reactive ketones (excluding diaryl/α,β-unsaturated/α-hetero) is 1. The summed E-state index contributed by atoms with van der Waals surface area (Å²) in [5, 5.41) is 27.9. The van der Waals surface area contributed by atoms with E-state index in [9.17, 15) is 53.1 Å². The highest BCUT2D eigenvalue weighted by Gasteiger charge is 2.53. The largest absolute Gasteiger partial charge is 0.382 e. The number of hydrogen-bond donors (Lipinski definition) is 7. The van der Waals surface area contributed by atoms with Crippen LogP contribution in [0.5, 0.6) is 0 Å². The fourth-order valence-electron chi connectivity index (χ4n) is 10.2. The molecule has 7 N–H and O–H groups in total. The molecule has 2 unspecified atom stereocenters. The van der Waals surface area contributed by atoms with Crippen LogP contribution < -0.4 is 31.9 Å². The lowest BCUT2D eigenvalue weighted by atomic mass is 9.85. The molecule has 2 saturated heterocycles. The number of hydrogen-bond acceptors (Lipinski definition) is 17. The first-order valence-electron chi connectivity index (χ1n) is 26.2. The van der Waals surface area contributed by atoms with Gasteiger partial charge in [-0.1, -0.05) is 46.6 Å². The number of fused-ring (bicyclic) bond motifs is 2. The van der Waals surface area contributed by atoms with Crippen molar-refractivity contribution in [3.05, 3.63) is 53.1 Å². The maximum Gasteiger partial charge on any atom is 0.289 e. The second kappa shape index (κ2) is 24.9. The summed E-state index contributed by atoms with van der Waals surface area (Å²) in [6.07, 6.45) is 5.82. The van der Waals surface area contributed by atoms with Crippen molar-refractivity contribution in [1.82, 2.24) is 51.3 Å². The number of rotatable bonds is 25. The molecule has 4 fully saturated rings. The van der Waals surface area contributed by atoms with Gasteiger partial charge in [0.15, 0.2) is 0 Å². The van der Waals surface area contributed by atoms with Gasteiger partial charge in [-0.3, -0.25) is 68.0 Å². The molecule has 0 radical (unpaired) electrons. The number of likely N-dealkylation sites (N-methyl/N-ethyl adjacent to an activating group) is 1. The first kappa shape index (κ1) is 57.0. The molecule has 2 saturated carbocycles. The molecular weight excluding hydrogens is 987 g/mol. The quantitative estimate of drug-likeness (QED) is 0.0305. The van der Waals surface area contributed by atoms with E-state index in [-0.39, 0.29) is 105 Å². The Morgan fingerprint density at radius 3 is 2.28 bits per heavy atom. The number of ether oxygens (including phenoxy) is 2. The van der Waals surface area contributed by atoms with E-state index in [2.05, 4.69) is 41.9 Å². The third-order valence-corrected chi connectivity index (χ3v) is 14.5. The van der Waals surface area contributed by atoms with E-state index in [1.165, 1.54) is 37.3 Å². The molecule has 8 atom stereocenters. The molecular formula is C52H71N11O13. The zero-order valence-electron chi connectivity index (χ0n) is 44.0. The molecule has 76 heavy (non-hydrogen) atoms. The molecule has 1 aromatic heterocycles. The fourth-order valence-corrected chi connectivity index (χ4v) is 10.2. The summed E-state index contributed by atoms with van der Waals surface area (Å²) in [6, 6.07) is -0.346. The topological polar surface area (TPSA) is 317 Å². The first-order valence-corrected chi connectivity index (χ1v) is 26.2. The Morgan fingerprint density at radius 1 is 0.882 bits per heavy atom. The summed E-state index contributed by atoms with van der Waals surface area (Å²) in [4.78, 5) is 144. The molecule has 412 valence electrons. The second-order valence-corrected chi connectivity index (χ2v) is 21.1. The van der Waals surface area contributed by atoms with Crippen LogP contribution in [0.3, 0.4) is 0 Å². The third kappa shape index (κ3) is 13.2. The highest BCUT2D eigenvalue weighted by molar-refractivity contribution is 6.38. The number of benzene rings is 1. The average molecular weight is 1060 g/mol. The van der Waals surface area contributed by atoms with Gasteiger partial charge in [0, 0.05) is 44.8 Å². The number of ketones is 1. The van der Waals surface area contributed by atoms with Gasteiger partial charge in [0.1, 0.15) is 35.7 Å². The van der Waals surface area contributed by atoms with Gasteiger partial charge in [0.25, 0.3) is 29.5 Å². The van der Waals surface area contributed by atoms with Crippen LogP contribution >= 0.6 is 0 Å². The number of carbonyl (C=O) groups excluding carboxylic acids is 10. The summed E-state index contributed by atoms with van der Waals surface area (Å²) >= 11 is 0. The Labute approximate surface area is 440 Å². The van der Waals surface area contributed by atoms with E-state index in [1.54, 1.807) is 32.9 Å². The summed E-state index contributed by atoms with van der Waals surface area (Å²) in [5.41, 5.74) is -0.102. The minimum atomic E-state index is -1.49. The standard InChI is InChI=1S/C52H71N11O13/c1-7-10-34(41(65)47(70)58-30-15-16-30)59-46(69)40-31-12-8-11-29(31)27-62(40)51(74)42(52(3,4)5)60-43(66)28(2)57-45(68)36-26-55-35(25-56-36)44(67)54-20-22-76-24-23-75-21-19-53-33-14-9-13-32-39(33)50(73)63(48(32)71)37-17-18-38(64)61(6)49(37)72/h9,13-14,25-26,28-31,34,37,40,42,45,53,57,68H,7-8,10-12,15-24,27H2,1-6H3,(H,54,67)(H,58,70)(H,59,69)(H,60,66)/t28-,29-,31-,34-,37?,40-,42+,45?/m0/s1. The smallest absolute Gasteiger partial charge is 0.289 e. The highest BCUT2D eigenvalue weighted by Crippen LogP contribution is 2.43. The van der Waals surface area contributed by atoms with Gasteiger partial charge in [0.2, 0.25) is 29.4 Å². The fraction of sp³-hybridized carbons (Fsp3) is 0.615.